The van der Waals surface area contributed by atoms with Crippen LogP contribution in [0.5, 0.6) is 0 Å². The Labute approximate surface area is 238 Å². The Morgan fingerprint density at radius 1 is 0.878 bits per heavy atom. The summed E-state index contributed by atoms with van der Waals surface area (Å²) >= 11 is 0. The predicted octanol–water partition coefficient (Wildman–Crippen LogP) is 5.03. The Bertz CT molecular complexity index is 1570. The average molecular weight is 550 g/mol. The third-order valence-electron chi connectivity index (χ3n) is 6.14. The molecule has 0 unspecified atom stereocenters. The van der Waals surface area contributed by atoms with Crippen LogP contribution in [0.4, 0.5) is 5.69 Å². The van der Waals surface area contributed by atoms with Gasteiger partial charge in [0, 0.05) is 17.7 Å². The molecule has 1 aromatic heterocycles. The summed E-state index contributed by atoms with van der Waals surface area (Å²) in [7, 11) is 0. The van der Waals surface area contributed by atoms with Crippen molar-refractivity contribution >= 4 is 29.3 Å². The number of aromatic nitrogens is 1. The van der Waals surface area contributed by atoms with Crippen LogP contribution < -0.4 is 16.4 Å². The first-order chi connectivity index (χ1) is 19.7. The Morgan fingerprint density at radius 2 is 1.59 bits per heavy atom. The molecule has 3 aromatic carbocycles. The maximum atomic E-state index is 13.4. The van der Waals surface area contributed by atoms with Gasteiger partial charge in [-0.15, -0.1) is 0 Å². The van der Waals surface area contributed by atoms with Crippen molar-refractivity contribution in [2.24, 2.45) is 11.7 Å². The molecule has 208 valence electrons. The molecule has 0 spiro atoms. The van der Waals surface area contributed by atoms with Gasteiger partial charge < -0.3 is 21.1 Å². The second-order valence-electron chi connectivity index (χ2n) is 9.77. The SMILES string of the molecule is CC(C)CNC(=O)c1ccc(-c2ccccc2C(=O)Nc2ccc(C(=N)N)nc2)c(C(=O)OCc2ccccc2)c1. The summed E-state index contributed by atoms with van der Waals surface area (Å²) in [5.41, 5.74) is 8.68. The van der Waals surface area contributed by atoms with Crippen LogP contribution in [-0.2, 0) is 11.3 Å². The summed E-state index contributed by atoms with van der Waals surface area (Å²) in [6, 6.07) is 24.0. The first-order valence-corrected chi connectivity index (χ1v) is 13.1. The van der Waals surface area contributed by atoms with E-state index in [0.717, 1.165) is 5.56 Å². The summed E-state index contributed by atoms with van der Waals surface area (Å²) in [5, 5.41) is 13.1. The number of amidine groups is 1. The van der Waals surface area contributed by atoms with E-state index in [1.807, 2.05) is 44.2 Å². The number of nitrogens with zero attached hydrogens (tertiary/aromatic N) is 1. The minimum atomic E-state index is -0.624. The molecule has 0 atom stereocenters. The Morgan fingerprint density at radius 3 is 2.27 bits per heavy atom. The highest BCUT2D eigenvalue weighted by Crippen LogP contribution is 2.30. The van der Waals surface area contributed by atoms with Gasteiger partial charge in [-0.3, -0.25) is 20.0 Å². The number of amides is 2. The van der Waals surface area contributed by atoms with Gasteiger partial charge in [0.25, 0.3) is 11.8 Å². The number of carbonyl (C=O) groups is 3. The molecule has 0 fully saturated rings. The van der Waals surface area contributed by atoms with Gasteiger partial charge >= 0.3 is 5.97 Å². The highest BCUT2D eigenvalue weighted by atomic mass is 16.5. The summed E-state index contributed by atoms with van der Waals surface area (Å²) in [4.78, 5) is 43.7. The molecule has 4 aromatic rings. The average Bonchev–Trinajstić information content (AvgIpc) is 2.99. The van der Waals surface area contributed by atoms with Crippen LogP contribution in [0.25, 0.3) is 11.1 Å². The summed E-state index contributed by atoms with van der Waals surface area (Å²) in [5.74, 6) is -1.29. The molecule has 0 saturated carbocycles. The van der Waals surface area contributed by atoms with Crippen LogP contribution in [0, 0.1) is 11.3 Å². The second kappa shape index (κ2) is 13.2. The largest absolute Gasteiger partial charge is 0.457 e. The fraction of sp³-hybridized carbons (Fsp3) is 0.156. The number of pyridine rings is 1. The van der Waals surface area contributed by atoms with Crippen LogP contribution in [0.2, 0.25) is 0 Å². The number of carbonyl (C=O) groups excluding carboxylic acids is 3. The number of ether oxygens (including phenoxy) is 1. The third kappa shape index (κ3) is 7.42. The Kier molecular flexibility index (Phi) is 9.21. The third-order valence-corrected chi connectivity index (χ3v) is 6.14. The van der Waals surface area contributed by atoms with Crippen LogP contribution in [0.1, 0.15) is 56.2 Å². The number of anilines is 1. The van der Waals surface area contributed by atoms with Gasteiger partial charge in [-0.1, -0.05) is 68.4 Å². The van der Waals surface area contributed by atoms with E-state index >= 15 is 0 Å². The molecule has 4 rings (SSSR count). The molecule has 0 aliphatic heterocycles. The van der Waals surface area contributed by atoms with Crippen LogP contribution in [-0.4, -0.2) is 35.1 Å². The zero-order valence-corrected chi connectivity index (χ0v) is 22.8. The van der Waals surface area contributed by atoms with Crippen molar-refractivity contribution < 1.29 is 19.1 Å². The van der Waals surface area contributed by atoms with Crippen molar-refractivity contribution in [3.8, 4) is 11.1 Å². The molecular formula is C32H31N5O4. The van der Waals surface area contributed by atoms with Gasteiger partial charge in [-0.25, -0.2) is 4.79 Å². The molecule has 9 heteroatoms. The highest BCUT2D eigenvalue weighted by Gasteiger charge is 2.22. The minimum absolute atomic E-state index is 0.0499. The van der Waals surface area contributed by atoms with E-state index < -0.39 is 11.9 Å². The van der Waals surface area contributed by atoms with E-state index in [-0.39, 0.29) is 29.8 Å². The molecule has 0 aliphatic carbocycles. The molecule has 0 radical (unpaired) electrons. The van der Waals surface area contributed by atoms with E-state index in [2.05, 4.69) is 15.6 Å². The Balaban J connectivity index is 1.68. The fourth-order valence-electron chi connectivity index (χ4n) is 4.03. The minimum Gasteiger partial charge on any atom is -0.457 e. The van der Waals surface area contributed by atoms with Crippen molar-refractivity contribution in [3.63, 3.8) is 0 Å². The van der Waals surface area contributed by atoms with E-state index in [9.17, 15) is 14.4 Å². The van der Waals surface area contributed by atoms with Gasteiger partial charge in [-0.05, 0) is 52.9 Å². The lowest BCUT2D eigenvalue weighted by atomic mass is 9.93. The number of esters is 1. The maximum absolute atomic E-state index is 13.4. The number of hydrogen-bond acceptors (Lipinski definition) is 6. The van der Waals surface area contributed by atoms with Crippen LogP contribution >= 0.6 is 0 Å². The molecule has 9 nitrogen and oxygen atoms in total. The molecule has 0 saturated heterocycles. The monoisotopic (exact) mass is 549 g/mol. The number of nitrogen functional groups attached to an aromatic ring is 1. The van der Waals surface area contributed by atoms with Gasteiger partial charge in [0.05, 0.1) is 17.4 Å². The van der Waals surface area contributed by atoms with Gasteiger partial charge in [-0.2, -0.15) is 0 Å². The van der Waals surface area contributed by atoms with Crippen molar-refractivity contribution in [1.29, 1.82) is 5.41 Å². The first-order valence-electron chi connectivity index (χ1n) is 13.1. The number of benzene rings is 3. The van der Waals surface area contributed by atoms with E-state index in [1.54, 1.807) is 42.5 Å². The summed E-state index contributed by atoms with van der Waals surface area (Å²) in [6.07, 6.45) is 1.41. The highest BCUT2D eigenvalue weighted by molar-refractivity contribution is 6.11. The molecule has 41 heavy (non-hydrogen) atoms. The van der Waals surface area contributed by atoms with Crippen molar-refractivity contribution in [2.75, 3.05) is 11.9 Å². The molecule has 2 amide bonds. The van der Waals surface area contributed by atoms with Gasteiger partial charge in [0.15, 0.2) is 0 Å². The quantitative estimate of drug-likeness (QED) is 0.124. The standard InChI is InChI=1S/C32H31N5O4/c1-20(2)17-36-30(38)22-12-14-25(27(16-22)32(40)41-19-21-8-4-3-5-9-21)24-10-6-7-11-26(24)31(39)37-23-13-15-28(29(33)34)35-18-23/h3-16,18,20H,17,19H2,1-2H3,(H3,33,34)(H,36,38)(H,37,39). The number of nitrogens with one attached hydrogen (secondary N) is 3. The van der Waals surface area contributed by atoms with E-state index in [4.69, 9.17) is 15.9 Å². The van der Waals surface area contributed by atoms with Crippen LogP contribution in [0.3, 0.4) is 0 Å². The summed E-state index contributed by atoms with van der Waals surface area (Å²) < 4.78 is 5.63. The zero-order chi connectivity index (χ0) is 29.4. The Hall–Kier alpha value is -5.31. The van der Waals surface area contributed by atoms with Gasteiger partial charge in [0.1, 0.15) is 18.1 Å². The van der Waals surface area contributed by atoms with Crippen molar-refractivity contribution in [2.45, 2.75) is 20.5 Å². The molecule has 5 N–H and O–H groups in total. The number of rotatable bonds is 10. The summed E-state index contributed by atoms with van der Waals surface area (Å²) in [6.45, 7) is 4.52. The van der Waals surface area contributed by atoms with Crippen molar-refractivity contribution in [3.05, 3.63) is 119 Å². The topological polar surface area (TPSA) is 147 Å². The predicted molar refractivity (Wildman–Crippen MR) is 158 cm³/mol. The molecule has 0 bridgehead atoms. The van der Waals surface area contributed by atoms with E-state index in [1.165, 1.54) is 18.3 Å². The number of nitrogens with two attached hydrogens (primary N) is 1. The normalized spacial score (nSPS) is 10.6. The lowest BCUT2D eigenvalue weighted by Crippen LogP contribution is -2.27. The van der Waals surface area contributed by atoms with Crippen molar-refractivity contribution in [1.82, 2.24) is 10.3 Å². The first kappa shape index (κ1) is 28.7. The zero-order valence-electron chi connectivity index (χ0n) is 22.8. The molecule has 1 heterocycles. The van der Waals surface area contributed by atoms with Crippen LogP contribution in [0.15, 0.2) is 91.1 Å². The molecular weight excluding hydrogens is 518 g/mol. The smallest absolute Gasteiger partial charge is 0.339 e. The van der Waals surface area contributed by atoms with Gasteiger partial charge in [0.2, 0.25) is 0 Å². The number of hydrogen-bond donors (Lipinski definition) is 4. The second-order valence-corrected chi connectivity index (χ2v) is 9.77. The fourth-order valence-corrected chi connectivity index (χ4v) is 4.03. The lowest BCUT2D eigenvalue weighted by Gasteiger charge is -2.16. The van der Waals surface area contributed by atoms with E-state index in [0.29, 0.717) is 40.2 Å². The maximum Gasteiger partial charge on any atom is 0.339 e. The molecule has 0 aliphatic rings. The lowest BCUT2D eigenvalue weighted by molar-refractivity contribution is 0.0473.